The van der Waals surface area contributed by atoms with Gasteiger partial charge in [-0.3, -0.25) is 0 Å². The van der Waals surface area contributed by atoms with Crippen LogP contribution in [0, 0.1) is 11.3 Å². The Morgan fingerprint density at radius 2 is 2.06 bits per heavy atom. The lowest BCUT2D eigenvalue weighted by molar-refractivity contribution is 0.126. The van der Waals surface area contributed by atoms with Gasteiger partial charge in [-0.1, -0.05) is 0 Å². The molecule has 0 aliphatic carbocycles. The van der Waals surface area contributed by atoms with Crippen LogP contribution in [0.3, 0.4) is 0 Å². The van der Waals surface area contributed by atoms with Gasteiger partial charge in [0.25, 0.3) is 0 Å². The number of aliphatic hydroxyl groups excluding tert-OH is 1. The Hall–Kier alpha value is -1.32. The maximum Gasteiger partial charge on any atom is 0.157 e. The second-order valence-corrected chi connectivity index (χ2v) is 5.53. The lowest BCUT2D eigenvalue weighted by Crippen LogP contribution is -2.44. The summed E-state index contributed by atoms with van der Waals surface area (Å²) in [7, 11) is 0. The predicted molar refractivity (Wildman–Crippen MR) is 65.8 cm³/mol. The highest BCUT2D eigenvalue weighted by molar-refractivity contribution is 7.10. The molecule has 5 nitrogen and oxygen atoms in total. The summed E-state index contributed by atoms with van der Waals surface area (Å²) < 4.78 is 4.07. The number of fused-ring (bicyclic) bond motifs is 2. The number of nitriles is 1. The molecule has 3 rings (SSSR count). The molecule has 2 aliphatic heterocycles. The highest BCUT2D eigenvalue weighted by Crippen LogP contribution is 2.43. The molecule has 1 aromatic rings. The second-order valence-electron chi connectivity index (χ2n) is 4.78. The van der Waals surface area contributed by atoms with E-state index in [1.54, 1.807) is 0 Å². The normalized spacial score (nSPS) is 31.5. The van der Waals surface area contributed by atoms with Gasteiger partial charge in [0.05, 0.1) is 6.10 Å². The van der Waals surface area contributed by atoms with E-state index in [4.69, 9.17) is 11.0 Å². The summed E-state index contributed by atoms with van der Waals surface area (Å²) in [5.74, 6) is 0.332. The second kappa shape index (κ2) is 3.86. The smallest absolute Gasteiger partial charge is 0.157 e. The van der Waals surface area contributed by atoms with Crippen molar-refractivity contribution in [1.29, 1.82) is 5.26 Å². The molecule has 0 aromatic carbocycles. The summed E-state index contributed by atoms with van der Waals surface area (Å²) in [6.07, 6.45) is 3.56. The number of rotatable bonds is 1. The Bertz CT molecular complexity index is 466. The minimum absolute atomic E-state index is 0.195. The van der Waals surface area contributed by atoms with Crippen molar-refractivity contribution in [3.8, 4) is 6.07 Å². The third kappa shape index (κ3) is 1.58. The Morgan fingerprint density at radius 3 is 2.65 bits per heavy atom. The minimum atomic E-state index is -0.195. The maximum atomic E-state index is 9.76. The fraction of sp³-hybridized carbons (Fsp3) is 0.636. The molecule has 90 valence electrons. The number of anilines is 2. The van der Waals surface area contributed by atoms with Crippen molar-refractivity contribution >= 4 is 22.4 Å². The summed E-state index contributed by atoms with van der Waals surface area (Å²) in [5, 5.41) is 19.8. The number of aliphatic hydroxyl groups is 1. The highest BCUT2D eigenvalue weighted by atomic mass is 32.1. The summed E-state index contributed by atoms with van der Waals surface area (Å²) in [6, 6.07) is 2.83. The monoisotopic (exact) mass is 250 g/mol. The molecular weight excluding hydrogens is 236 g/mol. The van der Waals surface area contributed by atoms with E-state index in [1.165, 1.54) is 11.5 Å². The van der Waals surface area contributed by atoms with E-state index in [0.717, 1.165) is 30.7 Å². The van der Waals surface area contributed by atoms with Gasteiger partial charge >= 0.3 is 0 Å². The zero-order valence-electron chi connectivity index (χ0n) is 9.33. The number of nitrogen functional groups attached to an aromatic ring is 1. The molecule has 17 heavy (non-hydrogen) atoms. The molecule has 6 heteroatoms. The molecule has 3 heterocycles. The van der Waals surface area contributed by atoms with Crippen molar-refractivity contribution in [2.45, 2.75) is 43.9 Å². The van der Waals surface area contributed by atoms with Gasteiger partial charge in [-0.15, -0.1) is 0 Å². The average Bonchev–Trinajstić information content (AvgIpc) is 2.77. The SMILES string of the molecule is N#Cc1c(N)nsc1N1C2CCC1CC(O)C2. The first-order valence-corrected chi connectivity index (χ1v) is 6.59. The van der Waals surface area contributed by atoms with Crippen LogP contribution in [0.2, 0.25) is 0 Å². The van der Waals surface area contributed by atoms with Crippen LogP contribution in [0.5, 0.6) is 0 Å². The van der Waals surface area contributed by atoms with E-state index in [-0.39, 0.29) is 6.10 Å². The Labute approximate surface area is 104 Å². The summed E-state index contributed by atoms with van der Waals surface area (Å²) in [5.41, 5.74) is 6.20. The molecule has 2 bridgehead atoms. The lowest BCUT2D eigenvalue weighted by atomic mass is 10.00. The number of aromatic nitrogens is 1. The van der Waals surface area contributed by atoms with Crippen LogP contribution in [0.4, 0.5) is 10.8 Å². The zero-order chi connectivity index (χ0) is 12.0. The third-order valence-electron chi connectivity index (χ3n) is 3.75. The van der Waals surface area contributed by atoms with E-state index in [0.29, 0.717) is 23.5 Å². The van der Waals surface area contributed by atoms with Crippen molar-refractivity contribution in [1.82, 2.24) is 4.37 Å². The standard InChI is InChI=1S/C11H14N4OS/c12-5-9-10(13)14-17-11(9)15-6-1-2-7(15)4-8(16)3-6/h6-8,16H,1-4H2,(H2,13,14). The Balaban J connectivity index is 1.98. The molecule has 2 fully saturated rings. The fourth-order valence-electron chi connectivity index (χ4n) is 3.05. The lowest BCUT2D eigenvalue weighted by Gasteiger charge is -2.37. The van der Waals surface area contributed by atoms with Crippen molar-refractivity contribution in [2.75, 3.05) is 10.6 Å². The molecule has 2 aliphatic rings. The molecule has 0 saturated carbocycles. The van der Waals surface area contributed by atoms with Gasteiger partial charge in [0.2, 0.25) is 0 Å². The van der Waals surface area contributed by atoms with Gasteiger partial charge in [-0.2, -0.15) is 9.64 Å². The van der Waals surface area contributed by atoms with Gasteiger partial charge in [-0.05, 0) is 37.2 Å². The molecule has 1 aromatic heterocycles. The molecule has 3 N–H and O–H groups in total. The molecule has 0 spiro atoms. The first kappa shape index (κ1) is 10.8. The fourth-order valence-corrected chi connectivity index (χ4v) is 3.96. The quantitative estimate of drug-likeness (QED) is 0.779. The third-order valence-corrected chi connectivity index (χ3v) is 4.63. The summed E-state index contributed by atoms with van der Waals surface area (Å²) in [6.45, 7) is 0. The van der Waals surface area contributed by atoms with Crippen molar-refractivity contribution in [2.24, 2.45) is 0 Å². The summed E-state index contributed by atoms with van der Waals surface area (Å²) >= 11 is 1.30. The van der Waals surface area contributed by atoms with Crippen LogP contribution >= 0.6 is 11.5 Å². The number of hydrogen-bond acceptors (Lipinski definition) is 6. The maximum absolute atomic E-state index is 9.76. The van der Waals surface area contributed by atoms with Gasteiger partial charge in [0.15, 0.2) is 5.82 Å². The average molecular weight is 250 g/mol. The van der Waals surface area contributed by atoms with Crippen molar-refractivity contribution < 1.29 is 5.11 Å². The van der Waals surface area contributed by atoms with Crippen LogP contribution in [0.25, 0.3) is 0 Å². The number of hydrogen-bond donors (Lipinski definition) is 2. The summed E-state index contributed by atoms with van der Waals surface area (Å²) in [4.78, 5) is 2.26. The van der Waals surface area contributed by atoms with Crippen LogP contribution in [-0.2, 0) is 0 Å². The van der Waals surface area contributed by atoms with Crippen LogP contribution in [0.1, 0.15) is 31.2 Å². The zero-order valence-corrected chi connectivity index (χ0v) is 10.2. The molecule has 0 amide bonds. The van der Waals surface area contributed by atoms with E-state index in [1.807, 2.05) is 0 Å². The van der Waals surface area contributed by atoms with Gasteiger partial charge in [0, 0.05) is 12.1 Å². The van der Waals surface area contributed by atoms with Crippen molar-refractivity contribution in [3.05, 3.63) is 5.56 Å². The van der Waals surface area contributed by atoms with Crippen LogP contribution in [0.15, 0.2) is 0 Å². The van der Waals surface area contributed by atoms with E-state index >= 15 is 0 Å². The van der Waals surface area contributed by atoms with Gasteiger partial charge in [0.1, 0.15) is 16.6 Å². The van der Waals surface area contributed by atoms with Crippen LogP contribution in [-0.4, -0.2) is 27.7 Å². The van der Waals surface area contributed by atoms with Gasteiger partial charge < -0.3 is 15.7 Å². The van der Waals surface area contributed by atoms with E-state index in [9.17, 15) is 5.11 Å². The number of piperidine rings is 1. The molecule has 2 saturated heterocycles. The Kier molecular flexibility index (Phi) is 2.45. The molecule has 2 unspecified atom stereocenters. The van der Waals surface area contributed by atoms with E-state index < -0.39 is 0 Å². The number of nitrogens with zero attached hydrogens (tertiary/aromatic N) is 3. The van der Waals surface area contributed by atoms with E-state index in [2.05, 4.69) is 15.3 Å². The first-order chi connectivity index (χ1) is 8.20. The molecular formula is C11H14N4OS. The predicted octanol–water partition coefficient (Wildman–Crippen LogP) is 1.09. The van der Waals surface area contributed by atoms with Crippen LogP contribution < -0.4 is 10.6 Å². The topological polar surface area (TPSA) is 86.2 Å². The largest absolute Gasteiger partial charge is 0.393 e. The highest BCUT2D eigenvalue weighted by Gasteiger charge is 2.42. The van der Waals surface area contributed by atoms with Gasteiger partial charge in [-0.25, -0.2) is 0 Å². The minimum Gasteiger partial charge on any atom is -0.393 e. The van der Waals surface area contributed by atoms with Crippen molar-refractivity contribution in [3.63, 3.8) is 0 Å². The first-order valence-electron chi connectivity index (χ1n) is 5.82. The molecule has 0 radical (unpaired) electrons. The molecule has 2 atom stereocenters. The number of nitrogens with two attached hydrogens (primary N) is 1. The Morgan fingerprint density at radius 1 is 1.41 bits per heavy atom.